The average molecular weight is 312 g/mol. The number of halogens is 1. The number of rotatable bonds is 4. The number of hydrogen-bond acceptors (Lipinski definition) is 5. The van der Waals surface area contributed by atoms with Crippen LogP contribution in [-0.2, 0) is 10.0 Å². The zero-order valence-corrected chi connectivity index (χ0v) is 11.8. The molecule has 112 valence electrons. The molecule has 2 aromatic rings. The maximum atomic E-state index is 13.3. The van der Waals surface area contributed by atoms with Crippen molar-refractivity contribution in [3.8, 4) is 11.5 Å². The summed E-state index contributed by atoms with van der Waals surface area (Å²) in [6.07, 6.45) is 0. The molecule has 21 heavy (non-hydrogen) atoms. The van der Waals surface area contributed by atoms with Gasteiger partial charge in [0.2, 0.25) is 0 Å². The number of benzene rings is 2. The van der Waals surface area contributed by atoms with Crippen LogP contribution >= 0.6 is 0 Å². The lowest BCUT2D eigenvalue weighted by Gasteiger charge is -2.10. The summed E-state index contributed by atoms with van der Waals surface area (Å²) in [5.41, 5.74) is 5.54. The summed E-state index contributed by atoms with van der Waals surface area (Å²) >= 11 is 0. The Morgan fingerprint density at radius 1 is 1.24 bits per heavy atom. The fourth-order valence-corrected chi connectivity index (χ4v) is 2.72. The van der Waals surface area contributed by atoms with E-state index in [0.29, 0.717) is 0 Å². The van der Waals surface area contributed by atoms with Gasteiger partial charge in [0.15, 0.2) is 11.6 Å². The average Bonchev–Trinajstić information content (AvgIpc) is 2.43. The molecular formula is C13H13FN2O4S. The van der Waals surface area contributed by atoms with Crippen LogP contribution in [-0.4, -0.2) is 20.6 Å². The minimum absolute atomic E-state index is 0.0606. The SMILES string of the molecule is COc1cc(NS(=O)(=O)c2ccc(O)c(N)c2)ccc1F. The number of sulfonamides is 1. The lowest BCUT2D eigenvalue weighted by molar-refractivity contribution is 0.387. The van der Waals surface area contributed by atoms with Crippen molar-refractivity contribution in [2.24, 2.45) is 0 Å². The van der Waals surface area contributed by atoms with E-state index in [1.165, 1.54) is 31.4 Å². The molecule has 0 spiro atoms. The van der Waals surface area contributed by atoms with E-state index >= 15 is 0 Å². The van der Waals surface area contributed by atoms with Crippen LogP contribution in [0, 0.1) is 5.82 Å². The Morgan fingerprint density at radius 2 is 1.95 bits per heavy atom. The lowest BCUT2D eigenvalue weighted by atomic mass is 10.3. The Morgan fingerprint density at radius 3 is 2.57 bits per heavy atom. The number of nitrogen functional groups attached to an aromatic ring is 1. The predicted molar refractivity (Wildman–Crippen MR) is 76.3 cm³/mol. The smallest absolute Gasteiger partial charge is 0.261 e. The molecule has 0 atom stereocenters. The van der Waals surface area contributed by atoms with Crippen LogP contribution in [0.15, 0.2) is 41.3 Å². The third-order valence-corrected chi connectivity index (χ3v) is 4.09. The number of phenols is 1. The summed E-state index contributed by atoms with van der Waals surface area (Å²) in [4.78, 5) is -0.124. The molecule has 0 fully saturated rings. The quantitative estimate of drug-likeness (QED) is 0.591. The second-order valence-electron chi connectivity index (χ2n) is 4.18. The van der Waals surface area contributed by atoms with Gasteiger partial charge in [0.05, 0.1) is 23.4 Å². The van der Waals surface area contributed by atoms with Gasteiger partial charge >= 0.3 is 0 Å². The molecule has 2 rings (SSSR count). The van der Waals surface area contributed by atoms with Crippen molar-refractivity contribution in [3.63, 3.8) is 0 Å². The van der Waals surface area contributed by atoms with Gasteiger partial charge in [-0.3, -0.25) is 4.72 Å². The van der Waals surface area contributed by atoms with Crippen LogP contribution in [0.1, 0.15) is 0 Å². The van der Waals surface area contributed by atoms with Gasteiger partial charge in [-0.05, 0) is 30.3 Å². The molecule has 0 saturated carbocycles. The molecule has 4 N–H and O–H groups in total. The van der Waals surface area contributed by atoms with E-state index in [0.717, 1.165) is 12.1 Å². The zero-order valence-electron chi connectivity index (χ0n) is 11.0. The molecular weight excluding hydrogens is 299 g/mol. The number of phenolic OH excluding ortho intramolecular Hbond substituents is 1. The van der Waals surface area contributed by atoms with Gasteiger partial charge in [-0.25, -0.2) is 12.8 Å². The van der Waals surface area contributed by atoms with Crippen molar-refractivity contribution in [3.05, 3.63) is 42.2 Å². The minimum atomic E-state index is -3.91. The van der Waals surface area contributed by atoms with Gasteiger partial charge in [0, 0.05) is 6.07 Å². The topological polar surface area (TPSA) is 102 Å². The van der Waals surface area contributed by atoms with Crippen molar-refractivity contribution < 1.29 is 22.7 Å². The monoisotopic (exact) mass is 312 g/mol. The third-order valence-electron chi connectivity index (χ3n) is 2.71. The van der Waals surface area contributed by atoms with Crippen molar-refractivity contribution in [1.82, 2.24) is 0 Å². The van der Waals surface area contributed by atoms with Crippen molar-refractivity contribution in [2.75, 3.05) is 17.6 Å². The molecule has 0 aromatic heterocycles. The molecule has 0 amide bonds. The number of hydrogen-bond donors (Lipinski definition) is 3. The fourth-order valence-electron chi connectivity index (χ4n) is 1.64. The normalized spacial score (nSPS) is 11.1. The van der Waals surface area contributed by atoms with Crippen LogP contribution in [0.5, 0.6) is 11.5 Å². The van der Waals surface area contributed by atoms with Crippen LogP contribution < -0.4 is 15.2 Å². The summed E-state index contributed by atoms with van der Waals surface area (Å²) in [6.45, 7) is 0. The largest absolute Gasteiger partial charge is 0.506 e. The van der Waals surface area contributed by atoms with Gasteiger partial charge in [0.25, 0.3) is 10.0 Å². The standard InChI is InChI=1S/C13H13FN2O4S/c1-20-13-6-8(2-4-10(13)14)16-21(18,19)9-3-5-12(17)11(15)7-9/h2-7,16-17H,15H2,1H3. The van der Waals surface area contributed by atoms with Gasteiger partial charge < -0.3 is 15.6 Å². The van der Waals surface area contributed by atoms with E-state index < -0.39 is 15.8 Å². The van der Waals surface area contributed by atoms with Gasteiger partial charge in [-0.15, -0.1) is 0 Å². The first-order valence-electron chi connectivity index (χ1n) is 5.78. The Labute approximate surface area is 121 Å². The summed E-state index contributed by atoms with van der Waals surface area (Å²) in [6, 6.07) is 7.07. The molecule has 0 aliphatic heterocycles. The van der Waals surface area contributed by atoms with Crippen LogP contribution in [0.2, 0.25) is 0 Å². The molecule has 0 heterocycles. The summed E-state index contributed by atoms with van der Waals surface area (Å²) < 4.78 is 44.7. The molecule has 0 aliphatic carbocycles. The molecule has 0 saturated heterocycles. The van der Waals surface area contributed by atoms with E-state index in [9.17, 15) is 17.9 Å². The molecule has 0 radical (unpaired) electrons. The number of anilines is 2. The van der Waals surface area contributed by atoms with E-state index in [-0.39, 0.29) is 27.8 Å². The second-order valence-corrected chi connectivity index (χ2v) is 5.86. The first-order valence-corrected chi connectivity index (χ1v) is 7.26. The first kappa shape index (κ1) is 14.9. The summed E-state index contributed by atoms with van der Waals surface area (Å²) in [7, 11) is -2.63. The minimum Gasteiger partial charge on any atom is -0.506 e. The Kier molecular flexibility index (Phi) is 3.90. The van der Waals surface area contributed by atoms with Crippen LogP contribution in [0.4, 0.5) is 15.8 Å². The number of nitrogens with two attached hydrogens (primary N) is 1. The molecule has 0 aliphatic rings. The number of methoxy groups -OCH3 is 1. The second kappa shape index (κ2) is 5.49. The molecule has 2 aromatic carbocycles. The molecule has 0 unspecified atom stereocenters. The maximum absolute atomic E-state index is 13.3. The highest BCUT2D eigenvalue weighted by molar-refractivity contribution is 7.92. The van der Waals surface area contributed by atoms with Crippen molar-refractivity contribution in [2.45, 2.75) is 4.90 Å². The summed E-state index contributed by atoms with van der Waals surface area (Å²) in [5.74, 6) is -0.896. The highest BCUT2D eigenvalue weighted by Crippen LogP contribution is 2.26. The van der Waals surface area contributed by atoms with Crippen LogP contribution in [0.3, 0.4) is 0 Å². The molecule has 0 bridgehead atoms. The number of aromatic hydroxyl groups is 1. The van der Waals surface area contributed by atoms with E-state index in [1.807, 2.05) is 0 Å². The van der Waals surface area contributed by atoms with E-state index in [1.54, 1.807) is 0 Å². The van der Waals surface area contributed by atoms with Crippen LogP contribution in [0.25, 0.3) is 0 Å². The van der Waals surface area contributed by atoms with E-state index in [2.05, 4.69) is 4.72 Å². The highest BCUT2D eigenvalue weighted by Gasteiger charge is 2.16. The zero-order chi connectivity index (χ0) is 15.6. The fraction of sp³-hybridized carbons (Fsp3) is 0.0769. The lowest BCUT2D eigenvalue weighted by Crippen LogP contribution is -2.13. The van der Waals surface area contributed by atoms with Crippen molar-refractivity contribution in [1.29, 1.82) is 0 Å². The molecule has 8 heteroatoms. The highest BCUT2D eigenvalue weighted by atomic mass is 32.2. The third kappa shape index (κ3) is 3.16. The Balaban J connectivity index is 2.35. The van der Waals surface area contributed by atoms with Gasteiger partial charge in [-0.2, -0.15) is 0 Å². The molecule has 6 nitrogen and oxygen atoms in total. The number of nitrogens with one attached hydrogen (secondary N) is 1. The Hall–Kier alpha value is -2.48. The Bertz CT molecular complexity index is 778. The van der Waals surface area contributed by atoms with E-state index in [4.69, 9.17) is 10.5 Å². The maximum Gasteiger partial charge on any atom is 0.261 e. The van der Waals surface area contributed by atoms with Crippen molar-refractivity contribution >= 4 is 21.4 Å². The summed E-state index contributed by atoms with van der Waals surface area (Å²) in [5, 5.41) is 9.30. The predicted octanol–water partition coefficient (Wildman–Crippen LogP) is 1.92. The number of ether oxygens (including phenoxy) is 1. The first-order chi connectivity index (χ1) is 9.83. The van der Waals surface area contributed by atoms with Gasteiger partial charge in [-0.1, -0.05) is 0 Å². The van der Waals surface area contributed by atoms with Gasteiger partial charge in [0.1, 0.15) is 5.75 Å².